The van der Waals surface area contributed by atoms with Crippen LogP contribution in [0.2, 0.25) is 0 Å². The minimum absolute atomic E-state index is 0.0809. The average Bonchev–Trinajstić information content (AvgIpc) is 2.95. The second-order valence-corrected chi connectivity index (χ2v) is 6.82. The molecule has 0 aliphatic carbocycles. The Morgan fingerprint density at radius 3 is 3.14 bits per heavy atom. The van der Waals surface area contributed by atoms with E-state index in [1.165, 1.54) is 0 Å². The van der Waals surface area contributed by atoms with Gasteiger partial charge in [-0.1, -0.05) is 6.08 Å². The predicted molar refractivity (Wildman–Crippen MR) is 87.9 cm³/mol. The molecule has 1 N–H and O–H groups in total. The van der Waals surface area contributed by atoms with Crippen molar-refractivity contribution in [1.29, 1.82) is 0 Å². The lowest BCUT2D eigenvalue weighted by Gasteiger charge is -2.42. The molecule has 0 bridgehead atoms. The van der Waals surface area contributed by atoms with Crippen LogP contribution in [-0.2, 0) is 0 Å². The fourth-order valence-electron chi connectivity index (χ4n) is 3.23. The van der Waals surface area contributed by atoms with Crippen molar-refractivity contribution in [1.82, 2.24) is 9.97 Å². The van der Waals surface area contributed by atoms with Gasteiger partial charge in [0.15, 0.2) is 0 Å². The van der Waals surface area contributed by atoms with Crippen LogP contribution in [0.25, 0.3) is 10.2 Å². The van der Waals surface area contributed by atoms with Crippen molar-refractivity contribution >= 4 is 27.4 Å². The van der Waals surface area contributed by atoms with Gasteiger partial charge in [-0.3, -0.25) is 0 Å². The Balaban J connectivity index is 1.98. The summed E-state index contributed by atoms with van der Waals surface area (Å²) in [4.78, 5) is 11.5. The second kappa shape index (κ2) is 5.73. The van der Waals surface area contributed by atoms with Gasteiger partial charge in [0, 0.05) is 18.5 Å². The number of nitrogens with zero attached hydrogens (tertiary/aromatic N) is 3. The maximum Gasteiger partial charge on any atom is 0.150 e. The quantitative estimate of drug-likeness (QED) is 0.882. The smallest absolute Gasteiger partial charge is 0.150 e. The Kier molecular flexibility index (Phi) is 3.95. The van der Waals surface area contributed by atoms with Crippen molar-refractivity contribution < 1.29 is 5.11 Å². The molecule has 1 fully saturated rings. The zero-order valence-electron chi connectivity index (χ0n) is 12.4. The van der Waals surface area contributed by atoms with Crippen LogP contribution in [0.3, 0.4) is 0 Å². The van der Waals surface area contributed by atoms with E-state index in [0.717, 1.165) is 54.2 Å². The van der Waals surface area contributed by atoms with Crippen LogP contribution in [0.5, 0.6) is 0 Å². The summed E-state index contributed by atoms with van der Waals surface area (Å²) in [6.45, 7) is 7.81. The Morgan fingerprint density at radius 2 is 2.38 bits per heavy atom. The highest BCUT2D eigenvalue weighted by atomic mass is 32.1. The standard InChI is InChI=1S/C16H21N3OS/c1-3-6-16(11-20)7-4-8-19(10-16)15-14-13(5-9-21-14)17-12(2)18-15/h3,5,9,20H,1,4,6-8,10-11H2,2H3/t16-/m0/s1. The molecule has 0 amide bonds. The molecule has 1 atom stereocenters. The highest BCUT2D eigenvalue weighted by Crippen LogP contribution is 2.37. The fourth-order valence-corrected chi connectivity index (χ4v) is 4.08. The third-order valence-electron chi connectivity index (χ3n) is 4.27. The number of aryl methyl sites for hydroxylation is 1. The van der Waals surface area contributed by atoms with Crippen LogP contribution >= 0.6 is 11.3 Å². The van der Waals surface area contributed by atoms with Gasteiger partial charge < -0.3 is 10.0 Å². The van der Waals surface area contributed by atoms with E-state index in [0.29, 0.717) is 0 Å². The van der Waals surface area contributed by atoms with E-state index in [-0.39, 0.29) is 12.0 Å². The van der Waals surface area contributed by atoms with Crippen molar-refractivity contribution in [3.63, 3.8) is 0 Å². The van der Waals surface area contributed by atoms with Gasteiger partial charge in [-0.15, -0.1) is 17.9 Å². The van der Waals surface area contributed by atoms with E-state index in [9.17, 15) is 5.11 Å². The Labute approximate surface area is 129 Å². The summed E-state index contributed by atoms with van der Waals surface area (Å²) in [6.07, 6.45) is 4.89. The number of rotatable bonds is 4. The molecule has 3 rings (SSSR count). The lowest BCUT2D eigenvalue weighted by molar-refractivity contribution is 0.108. The van der Waals surface area contributed by atoms with E-state index in [1.807, 2.05) is 19.1 Å². The first-order valence-electron chi connectivity index (χ1n) is 7.36. The molecule has 0 aromatic carbocycles. The first-order valence-corrected chi connectivity index (χ1v) is 8.24. The number of fused-ring (bicyclic) bond motifs is 1. The molecule has 1 aliphatic rings. The molecule has 21 heavy (non-hydrogen) atoms. The highest BCUT2D eigenvalue weighted by molar-refractivity contribution is 7.17. The number of piperidine rings is 1. The number of anilines is 1. The Morgan fingerprint density at radius 1 is 1.52 bits per heavy atom. The zero-order chi connectivity index (χ0) is 14.9. The predicted octanol–water partition coefficient (Wildman–Crippen LogP) is 3.15. The van der Waals surface area contributed by atoms with Gasteiger partial charge >= 0.3 is 0 Å². The van der Waals surface area contributed by atoms with Gasteiger partial charge in [-0.2, -0.15) is 0 Å². The summed E-state index contributed by atoms with van der Waals surface area (Å²) in [5, 5.41) is 11.9. The first kappa shape index (κ1) is 14.5. The van der Waals surface area contributed by atoms with Gasteiger partial charge in [0.2, 0.25) is 0 Å². The largest absolute Gasteiger partial charge is 0.396 e. The molecule has 0 saturated carbocycles. The van der Waals surface area contributed by atoms with Crippen molar-refractivity contribution in [2.45, 2.75) is 26.2 Å². The summed E-state index contributed by atoms with van der Waals surface area (Å²) < 4.78 is 1.15. The lowest BCUT2D eigenvalue weighted by Crippen LogP contribution is -2.45. The van der Waals surface area contributed by atoms with Crippen LogP contribution in [0.15, 0.2) is 24.1 Å². The van der Waals surface area contributed by atoms with Crippen LogP contribution in [0, 0.1) is 12.3 Å². The van der Waals surface area contributed by atoms with E-state index >= 15 is 0 Å². The topological polar surface area (TPSA) is 49.2 Å². The maximum absolute atomic E-state index is 9.86. The van der Waals surface area contributed by atoms with E-state index < -0.39 is 0 Å². The van der Waals surface area contributed by atoms with Crippen LogP contribution < -0.4 is 4.90 Å². The second-order valence-electron chi connectivity index (χ2n) is 5.91. The molecule has 2 aromatic rings. The molecule has 3 heterocycles. The number of allylic oxidation sites excluding steroid dienone is 1. The van der Waals surface area contributed by atoms with E-state index in [2.05, 4.69) is 26.8 Å². The number of hydrogen-bond acceptors (Lipinski definition) is 5. The molecule has 0 spiro atoms. The van der Waals surface area contributed by atoms with Crippen molar-refractivity contribution in [3.8, 4) is 0 Å². The Bertz CT molecular complexity index is 654. The molecule has 5 heteroatoms. The lowest BCUT2D eigenvalue weighted by atomic mass is 9.78. The van der Waals surface area contributed by atoms with Crippen LogP contribution in [0.1, 0.15) is 25.1 Å². The van der Waals surface area contributed by atoms with Gasteiger partial charge in [-0.05, 0) is 37.6 Å². The maximum atomic E-state index is 9.86. The van der Waals surface area contributed by atoms with Gasteiger partial charge in [-0.25, -0.2) is 9.97 Å². The molecular formula is C16H21N3OS. The summed E-state index contributed by atoms with van der Waals surface area (Å²) in [7, 11) is 0. The van der Waals surface area contributed by atoms with Gasteiger partial charge in [0.1, 0.15) is 11.6 Å². The third kappa shape index (κ3) is 2.68. The van der Waals surface area contributed by atoms with Gasteiger partial charge in [0.25, 0.3) is 0 Å². The van der Waals surface area contributed by atoms with Crippen molar-refractivity contribution in [2.75, 3.05) is 24.6 Å². The molecule has 2 aromatic heterocycles. The SMILES string of the molecule is C=CC[C@]1(CO)CCCN(c2nc(C)nc3ccsc23)C1. The monoisotopic (exact) mass is 303 g/mol. The van der Waals surface area contributed by atoms with Crippen molar-refractivity contribution in [2.24, 2.45) is 5.41 Å². The molecular weight excluding hydrogens is 282 g/mol. The number of aliphatic hydroxyl groups is 1. The number of aliphatic hydroxyl groups excluding tert-OH is 1. The summed E-state index contributed by atoms with van der Waals surface area (Å²) in [5.74, 6) is 1.83. The average molecular weight is 303 g/mol. The van der Waals surface area contributed by atoms with Crippen LogP contribution in [-0.4, -0.2) is 34.8 Å². The molecule has 4 nitrogen and oxygen atoms in total. The summed E-state index contributed by atoms with van der Waals surface area (Å²) in [6, 6.07) is 2.05. The highest BCUT2D eigenvalue weighted by Gasteiger charge is 2.35. The summed E-state index contributed by atoms with van der Waals surface area (Å²) >= 11 is 1.69. The molecule has 0 unspecified atom stereocenters. The minimum atomic E-state index is -0.0809. The molecule has 112 valence electrons. The van der Waals surface area contributed by atoms with E-state index in [1.54, 1.807) is 11.3 Å². The third-order valence-corrected chi connectivity index (χ3v) is 5.17. The Hall–Kier alpha value is -1.46. The number of aromatic nitrogens is 2. The number of thiophene rings is 1. The molecule has 0 radical (unpaired) electrons. The van der Waals surface area contributed by atoms with Crippen LogP contribution in [0.4, 0.5) is 5.82 Å². The minimum Gasteiger partial charge on any atom is -0.396 e. The van der Waals surface area contributed by atoms with Gasteiger partial charge in [0.05, 0.1) is 16.8 Å². The fraction of sp³-hybridized carbons (Fsp3) is 0.500. The zero-order valence-corrected chi connectivity index (χ0v) is 13.2. The molecule has 1 saturated heterocycles. The molecule has 1 aliphatic heterocycles. The normalized spacial score (nSPS) is 22.7. The van der Waals surface area contributed by atoms with E-state index in [4.69, 9.17) is 0 Å². The number of hydrogen-bond donors (Lipinski definition) is 1. The van der Waals surface area contributed by atoms with Crippen molar-refractivity contribution in [3.05, 3.63) is 29.9 Å². The summed E-state index contributed by atoms with van der Waals surface area (Å²) in [5.41, 5.74) is 0.939. The first-order chi connectivity index (χ1) is 10.2.